The largest absolute Gasteiger partial charge is 0.493 e. The van der Waals surface area contributed by atoms with Crippen LogP contribution in [0.15, 0.2) is 12.1 Å². The molecule has 0 radical (unpaired) electrons. The molecule has 0 fully saturated rings. The fourth-order valence-corrected chi connectivity index (χ4v) is 1.76. The predicted octanol–water partition coefficient (Wildman–Crippen LogP) is 2.49. The smallest absolute Gasteiger partial charge is 0.203 e. The monoisotopic (exact) mass is 285 g/mol. The van der Waals surface area contributed by atoms with Crippen molar-refractivity contribution >= 4 is 23.0 Å². The minimum atomic E-state index is 0.446. The van der Waals surface area contributed by atoms with Crippen LogP contribution >= 0.6 is 12.2 Å². The van der Waals surface area contributed by atoms with Crippen molar-refractivity contribution in [3.05, 3.63) is 12.1 Å². The van der Waals surface area contributed by atoms with Crippen LogP contribution in [0.1, 0.15) is 6.92 Å². The average molecular weight is 285 g/mol. The Hall–Kier alpha value is -1.69. The first kappa shape index (κ1) is 15.4. The van der Waals surface area contributed by atoms with E-state index in [1.165, 1.54) is 0 Å². The first-order chi connectivity index (χ1) is 9.15. The van der Waals surface area contributed by atoms with Gasteiger partial charge in [-0.2, -0.15) is 0 Å². The van der Waals surface area contributed by atoms with Crippen LogP contribution in [0.25, 0.3) is 0 Å². The van der Waals surface area contributed by atoms with Gasteiger partial charge in [0, 0.05) is 17.8 Å². The third-order valence-electron chi connectivity index (χ3n) is 2.41. The highest BCUT2D eigenvalue weighted by Gasteiger charge is 2.13. The Morgan fingerprint density at radius 1 is 1.11 bits per heavy atom. The van der Waals surface area contributed by atoms with E-state index in [1.54, 1.807) is 21.3 Å². The molecule has 0 aliphatic rings. The molecular weight excluding hydrogens is 266 g/mol. The Balaban J connectivity index is 2.87. The van der Waals surface area contributed by atoms with Crippen molar-refractivity contribution in [2.24, 2.45) is 0 Å². The molecule has 0 unspecified atom stereocenters. The van der Waals surface area contributed by atoms with Crippen molar-refractivity contribution in [1.82, 2.24) is 0 Å². The number of thiocarbonyl (C=S) groups is 1. The molecule has 0 aliphatic carbocycles. The summed E-state index contributed by atoms with van der Waals surface area (Å²) in [6.45, 7) is 2.91. The van der Waals surface area contributed by atoms with Crippen LogP contribution in [0.4, 0.5) is 5.69 Å². The average Bonchev–Trinajstić information content (AvgIpc) is 2.44. The standard InChI is InChI=1S/C13H19NO4S/c1-5-18-12(19)8-14-9-6-10(15-2)13(17-4)11(7-9)16-3/h6-7,14H,5,8H2,1-4H3. The minimum absolute atomic E-state index is 0.446. The molecule has 1 aromatic carbocycles. The zero-order valence-electron chi connectivity index (χ0n) is 11.6. The minimum Gasteiger partial charge on any atom is -0.493 e. The third-order valence-corrected chi connectivity index (χ3v) is 2.67. The molecule has 0 aromatic heterocycles. The summed E-state index contributed by atoms with van der Waals surface area (Å²) < 4.78 is 21.0. The molecule has 1 N–H and O–H groups in total. The summed E-state index contributed by atoms with van der Waals surface area (Å²) in [5.41, 5.74) is 0.816. The van der Waals surface area contributed by atoms with Crippen molar-refractivity contribution < 1.29 is 18.9 Å². The molecule has 0 spiro atoms. The van der Waals surface area contributed by atoms with E-state index in [0.717, 1.165) is 5.69 Å². The van der Waals surface area contributed by atoms with Crippen LogP contribution in [0, 0.1) is 0 Å². The number of nitrogens with one attached hydrogen (secondary N) is 1. The first-order valence-corrected chi connectivity index (χ1v) is 6.26. The van der Waals surface area contributed by atoms with Crippen molar-refractivity contribution in [2.45, 2.75) is 6.92 Å². The van der Waals surface area contributed by atoms with Gasteiger partial charge in [-0.05, 0) is 19.1 Å². The Morgan fingerprint density at radius 2 is 1.68 bits per heavy atom. The molecule has 6 heteroatoms. The number of hydrogen-bond acceptors (Lipinski definition) is 6. The second-order valence-corrected chi connectivity index (χ2v) is 4.03. The lowest BCUT2D eigenvalue weighted by Gasteiger charge is -2.15. The van der Waals surface area contributed by atoms with E-state index in [2.05, 4.69) is 5.32 Å². The van der Waals surface area contributed by atoms with Gasteiger partial charge in [-0.3, -0.25) is 0 Å². The summed E-state index contributed by atoms with van der Waals surface area (Å²) in [7, 11) is 4.72. The maximum absolute atomic E-state index is 5.26. The molecule has 5 nitrogen and oxygen atoms in total. The van der Waals surface area contributed by atoms with Gasteiger partial charge in [-0.1, -0.05) is 0 Å². The van der Waals surface area contributed by atoms with E-state index in [4.69, 9.17) is 31.2 Å². The summed E-state index contributed by atoms with van der Waals surface area (Å²) in [6.07, 6.45) is 0. The maximum atomic E-state index is 5.26. The zero-order valence-corrected chi connectivity index (χ0v) is 12.4. The lowest BCUT2D eigenvalue weighted by Crippen LogP contribution is -2.15. The summed E-state index contributed by atoms with van der Waals surface area (Å²) in [6, 6.07) is 3.63. The van der Waals surface area contributed by atoms with Gasteiger partial charge < -0.3 is 24.3 Å². The third kappa shape index (κ3) is 4.17. The van der Waals surface area contributed by atoms with Crippen LogP contribution < -0.4 is 19.5 Å². The normalized spacial score (nSPS) is 9.68. The Labute approximate surface area is 118 Å². The summed E-state index contributed by atoms with van der Waals surface area (Å²) >= 11 is 5.05. The Kier molecular flexibility index (Phi) is 6.21. The Bertz CT molecular complexity index is 412. The molecule has 0 heterocycles. The highest BCUT2D eigenvalue weighted by molar-refractivity contribution is 7.80. The highest BCUT2D eigenvalue weighted by Crippen LogP contribution is 2.39. The number of methoxy groups -OCH3 is 3. The quantitative estimate of drug-likeness (QED) is 0.777. The topological polar surface area (TPSA) is 49.0 Å². The summed E-state index contributed by atoms with van der Waals surface area (Å²) in [5.74, 6) is 1.74. The molecule has 0 bridgehead atoms. The lowest BCUT2D eigenvalue weighted by molar-refractivity contribution is 0.324. The van der Waals surface area contributed by atoms with Gasteiger partial charge in [0.1, 0.15) is 0 Å². The van der Waals surface area contributed by atoms with E-state index < -0.39 is 0 Å². The molecule has 0 saturated heterocycles. The summed E-state index contributed by atoms with van der Waals surface area (Å²) in [4.78, 5) is 0. The number of hydrogen-bond donors (Lipinski definition) is 1. The van der Waals surface area contributed by atoms with Gasteiger partial charge in [0.2, 0.25) is 5.75 Å². The number of anilines is 1. The van der Waals surface area contributed by atoms with E-state index in [1.807, 2.05) is 19.1 Å². The predicted molar refractivity (Wildman–Crippen MR) is 78.8 cm³/mol. The van der Waals surface area contributed by atoms with Crippen LogP contribution in [0.5, 0.6) is 17.2 Å². The van der Waals surface area contributed by atoms with E-state index >= 15 is 0 Å². The Morgan fingerprint density at radius 3 is 2.11 bits per heavy atom. The van der Waals surface area contributed by atoms with Gasteiger partial charge >= 0.3 is 0 Å². The highest BCUT2D eigenvalue weighted by atomic mass is 32.1. The van der Waals surface area contributed by atoms with Crippen LogP contribution in [0.3, 0.4) is 0 Å². The van der Waals surface area contributed by atoms with Crippen molar-refractivity contribution in [3.63, 3.8) is 0 Å². The number of ether oxygens (including phenoxy) is 4. The van der Waals surface area contributed by atoms with Crippen molar-refractivity contribution in [2.75, 3.05) is 39.8 Å². The summed E-state index contributed by atoms with van der Waals surface area (Å²) in [5, 5.41) is 3.66. The molecular formula is C13H19NO4S. The SMILES string of the molecule is CCOC(=S)CNc1cc(OC)c(OC)c(OC)c1. The van der Waals surface area contributed by atoms with E-state index in [-0.39, 0.29) is 0 Å². The van der Waals surface area contributed by atoms with Crippen LogP contribution in [0.2, 0.25) is 0 Å². The lowest BCUT2D eigenvalue weighted by atomic mass is 10.2. The molecule has 0 amide bonds. The second-order valence-electron chi connectivity index (χ2n) is 3.57. The zero-order chi connectivity index (χ0) is 14.3. The molecule has 0 atom stereocenters. The van der Waals surface area contributed by atoms with Crippen LogP contribution in [-0.2, 0) is 4.74 Å². The fraction of sp³-hybridized carbons (Fsp3) is 0.462. The molecule has 0 aliphatic heterocycles. The van der Waals surface area contributed by atoms with Crippen LogP contribution in [-0.4, -0.2) is 39.5 Å². The molecule has 1 rings (SSSR count). The number of benzene rings is 1. The molecule has 106 valence electrons. The molecule has 19 heavy (non-hydrogen) atoms. The van der Waals surface area contributed by atoms with Gasteiger partial charge in [-0.15, -0.1) is 0 Å². The van der Waals surface area contributed by atoms with Crippen molar-refractivity contribution in [3.8, 4) is 17.2 Å². The van der Waals surface area contributed by atoms with E-state index in [9.17, 15) is 0 Å². The number of rotatable bonds is 7. The van der Waals surface area contributed by atoms with Gasteiger partial charge in [0.15, 0.2) is 16.5 Å². The fourth-order valence-electron chi connectivity index (χ4n) is 1.57. The molecule has 0 saturated carbocycles. The van der Waals surface area contributed by atoms with Gasteiger partial charge in [0.05, 0.1) is 34.5 Å². The van der Waals surface area contributed by atoms with Gasteiger partial charge in [0.25, 0.3) is 0 Å². The van der Waals surface area contributed by atoms with E-state index in [0.29, 0.717) is 35.5 Å². The first-order valence-electron chi connectivity index (χ1n) is 5.85. The van der Waals surface area contributed by atoms with Gasteiger partial charge in [-0.25, -0.2) is 0 Å². The molecule has 1 aromatic rings. The maximum Gasteiger partial charge on any atom is 0.203 e. The van der Waals surface area contributed by atoms with Crippen molar-refractivity contribution in [1.29, 1.82) is 0 Å². The second kappa shape index (κ2) is 7.68.